The Bertz CT molecular complexity index is 642. The van der Waals surface area contributed by atoms with E-state index in [4.69, 9.17) is 22.3 Å². The third-order valence-corrected chi connectivity index (χ3v) is 3.57. The van der Waals surface area contributed by atoms with Gasteiger partial charge in [-0.3, -0.25) is 0 Å². The van der Waals surface area contributed by atoms with Crippen LogP contribution in [0.25, 0.3) is 11.1 Å². The molecule has 0 saturated carbocycles. The maximum Gasteiger partial charge on any atom is 0.279 e. The summed E-state index contributed by atoms with van der Waals surface area (Å²) in [5.74, 6) is 0. The summed E-state index contributed by atoms with van der Waals surface area (Å²) in [4.78, 5) is 3.77. The molecule has 2 rings (SSSR count). The minimum absolute atomic E-state index is 0.185. The van der Waals surface area contributed by atoms with Crippen molar-refractivity contribution in [2.45, 2.75) is 5.03 Å². The maximum atomic E-state index is 11.4. The van der Waals surface area contributed by atoms with Gasteiger partial charge < -0.3 is 0 Å². The first-order valence-corrected chi connectivity index (χ1v) is 7.33. The summed E-state index contributed by atoms with van der Waals surface area (Å²) >= 11 is 5.82. The summed E-state index contributed by atoms with van der Waals surface area (Å²) in [6.07, 6.45) is 1.25. The van der Waals surface area contributed by atoms with Crippen molar-refractivity contribution in [2.24, 2.45) is 0 Å². The molecule has 0 fully saturated rings. The van der Waals surface area contributed by atoms with Crippen LogP contribution in [0.3, 0.4) is 0 Å². The predicted molar refractivity (Wildman–Crippen MR) is 67.7 cm³/mol. The number of hydrogen-bond acceptors (Lipinski definition) is 3. The Morgan fingerprint density at radius 1 is 1.12 bits per heavy atom. The Hall–Kier alpha value is -1.10. The highest BCUT2D eigenvalue weighted by Crippen LogP contribution is 2.29. The number of pyridine rings is 1. The molecule has 0 bridgehead atoms. The molecule has 17 heavy (non-hydrogen) atoms. The molecule has 0 aliphatic heterocycles. The second-order valence-corrected chi connectivity index (χ2v) is 6.23. The highest BCUT2D eigenvalue weighted by atomic mass is 35.7. The molecule has 0 unspecified atom stereocenters. The molecular formula is C11H7Cl2NO2S. The van der Waals surface area contributed by atoms with Gasteiger partial charge in [0.05, 0.1) is 5.02 Å². The topological polar surface area (TPSA) is 47.0 Å². The van der Waals surface area contributed by atoms with E-state index in [9.17, 15) is 8.42 Å². The molecule has 0 atom stereocenters. The van der Waals surface area contributed by atoms with Crippen molar-refractivity contribution >= 4 is 31.3 Å². The molecule has 0 spiro atoms. The zero-order chi connectivity index (χ0) is 12.5. The van der Waals surface area contributed by atoms with Gasteiger partial charge in [-0.25, -0.2) is 13.4 Å². The van der Waals surface area contributed by atoms with Gasteiger partial charge in [0.1, 0.15) is 0 Å². The van der Waals surface area contributed by atoms with Crippen molar-refractivity contribution in [3.05, 3.63) is 47.6 Å². The van der Waals surface area contributed by atoms with Crippen LogP contribution in [0.5, 0.6) is 0 Å². The van der Waals surface area contributed by atoms with Gasteiger partial charge in [-0.05, 0) is 11.6 Å². The Labute approximate surface area is 108 Å². The summed E-state index contributed by atoms with van der Waals surface area (Å²) in [6.45, 7) is 0. The average Bonchev–Trinajstić information content (AvgIpc) is 2.28. The highest BCUT2D eigenvalue weighted by molar-refractivity contribution is 8.13. The third-order valence-electron chi connectivity index (χ3n) is 2.13. The molecule has 0 aliphatic carbocycles. The van der Waals surface area contributed by atoms with Gasteiger partial charge in [-0.15, -0.1) is 0 Å². The summed E-state index contributed by atoms with van der Waals surface area (Å²) in [5.41, 5.74) is 1.09. The van der Waals surface area contributed by atoms with Crippen molar-refractivity contribution in [1.29, 1.82) is 0 Å². The van der Waals surface area contributed by atoms with E-state index < -0.39 is 9.05 Å². The monoisotopic (exact) mass is 287 g/mol. The van der Waals surface area contributed by atoms with Crippen molar-refractivity contribution < 1.29 is 8.42 Å². The molecule has 1 heterocycles. The lowest BCUT2D eigenvalue weighted by Gasteiger charge is -2.06. The van der Waals surface area contributed by atoms with E-state index in [-0.39, 0.29) is 5.03 Å². The normalized spacial score (nSPS) is 11.4. The van der Waals surface area contributed by atoms with E-state index in [2.05, 4.69) is 4.98 Å². The van der Waals surface area contributed by atoms with Crippen LogP contribution >= 0.6 is 22.3 Å². The number of benzene rings is 1. The van der Waals surface area contributed by atoms with Gasteiger partial charge in [0, 0.05) is 22.4 Å². The molecule has 88 valence electrons. The van der Waals surface area contributed by atoms with Gasteiger partial charge in [0.25, 0.3) is 9.05 Å². The van der Waals surface area contributed by atoms with Gasteiger partial charge >= 0.3 is 0 Å². The minimum Gasteiger partial charge on any atom is -0.241 e. The van der Waals surface area contributed by atoms with Gasteiger partial charge in [-0.2, -0.15) is 0 Å². The van der Waals surface area contributed by atoms with E-state index in [1.807, 2.05) is 6.07 Å². The quantitative estimate of drug-likeness (QED) is 0.796. The number of hydrogen-bond donors (Lipinski definition) is 0. The van der Waals surface area contributed by atoms with Crippen molar-refractivity contribution in [3.63, 3.8) is 0 Å². The van der Waals surface area contributed by atoms with Crippen LogP contribution in [0, 0.1) is 0 Å². The first-order valence-electron chi connectivity index (χ1n) is 4.64. The zero-order valence-electron chi connectivity index (χ0n) is 8.47. The molecule has 0 radical (unpaired) electrons. The molecule has 0 N–H and O–H groups in total. The zero-order valence-corrected chi connectivity index (χ0v) is 10.8. The lowest BCUT2D eigenvalue weighted by Crippen LogP contribution is -1.98. The number of rotatable bonds is 2. The number of halogens is 2. The second kappa shape index (κ2) is 4.64. The first kappa shape index (κ1) is 12.4. The Morgan fingerprint density at radius 2 is 1.76 bits per heavy atom. The van der Waals surface area contributed by atoms with Crippen LogP contribution < -0.4 is 0 Å². The van der Waals surface area contributed by atoms with Crippen LogP contribution in [-0.4, -0.2) is 13.4 Å². The maximum absolute atomic E-state index is 11.4. The highest BCUT2D eigenvalue weighted by Gasteiger charge is 2.18. The molecular weight excluding hydrogens is 281 g/mol. The predicted octanol–water partition coefficient (Wildman–Crippen LogP) is 3.33. The van der Waals surface area contributed by atoms with Crippen molar-refractivity contribution in [1.82, 2.24) is 4.98 Å². The largest absolute Gasteiger partial charge is 0.279 e. The van der Waals surface area contributed by atoms with Crippen LogP contribution in [0.4, 0.5) is 0 Å². The smallest absolute Gasteiger partial charge is 0.241 e. The van der Waals surface area contributed by atoms with Crippen LogP contribution in [-0.2, 0) is 9.05 Å². The van der Waals surface area contributed by atoms with E-state index in [0.29, 0.717) is 16.1 Å². The number of nitrogens with zero attached hydrogens (tertiary/aromatic N) is 1. The standard InChI is InChI=1S/C11H7Cl2NO2S/c12-9-6-10(8-4-2-1-3-5-8)11(14-7-9)17(13,15)16/h1-7H. The van der Waals surface area contributed by atoms with Gasteiger partial charge in [0.15, 0.2) is 5.03 Å². The molecule has 1 aromatic carbocycles. The van der Waals surface area contributed by atoms with E-state index >= 15 is 0 Å². The summed E-state index contributed by atoms with van der Waals surface area (Å²) in [7, 11) is 1.44. The van der Waals surface area contributed by atoms with E-state index in [1.165, 1.54) is 12.3 Å². The fourth-order valence-corrected chi connectivity index (χ4v) is 2.59. The fraction of sp³-hybridized carbons (Fsp3) is 0. The second-order valence-electron chi connectivity index (χ2n) is 3.31. The molecule has 0 aliphatic rings. The van der Waals surface area contributed by atoms with Crippen LogP contribution in [0.1, 0.15) is 0 Å². The molecule has 2 aromatic rings. The Kier molecular flexibility index (Phi) is 3.38. The van der Waals surface area contributed by atoms with E-state index in [1.54, 1.807) is 24.3 Å². The van der Waals surface area contributed by atoms with E-state index in [0.717, 1.165) is 0 Å². The summed E-state index contributed by atoms with van der Waals surface area (Å²) < 4.78 is 22.8. The SMILES string of the molecule is O=S(=O)(Cl)c1ncc(Cl)cc1-c1ccccc1. The van der Waals surface area contributed by atoms with Gasteiger partial charge in [-0.1, -0.05) is 41.9 Å². The molecule has 3 nitrogen and oxygen atoms in total. The average molecular weight is 288 g/mol. The lowest BCUT2D eigenvalue weighted by atomic mass is 10.1. The van der Waals surface area contributed by atoms with Crippen molar-refractivity contribution in [2.75, 3.05) is 0 Å². The molecule has 0 saturated heterocycles. The summed E-state index contributed by atoms with van der Waals surface area (Å²) in [6, 6.07) is 10.5. The molecule has 6 heteroatoms. The molecule has 0 amide bonds. The summed E-state index contributed by atoms with van der Waals surface area (Å²) in [5, 5.41) is 0.169. The van der Waals surface area contributed by atoms with Crippen molar-refractivity contribution in [3.8, 4) is 11.1 Å². The lowest BCUT2D eigenvalue weighted by molar-refractivity contribution is 0.606. The van der Waals surface area contributed by atoms with Gasteiger partial charge in [0.2, 0.25) is 0 Å². The minimum atomic E-state index is -3.90. The fourth-order valence-electron chi connectivity index (χ4n) is 1.45. The van der Waals surface area contributed by atoms with Crippen LogP contribution in [0.2, 0.25) is 5.02 Å². The third kappa shape index (κ3) is 2.77. The Balaban J connectivity index is 2.72. The molecule has 1 aromatic heterocycles. The first-order chi connectivity index (χ1) is 7.98. The number of aromatic nitrogens is 1. The van der Waals surface area contributed by atoms with Crippen LogP contribution in [0.15, 0.2) is 47.6 Å². The Morgan fingerprint density at radius 3 is 2.35 bits per heavy atom.